The molecular formula is C14H22IN3. The third-order valence-corrected chi connectivity index (χ3v) is 4.49. The van der Waals surface area contributed by atoms with Crippen LogP contribution in [0, 0.1) is 9.49 Å². The van der Waals surface area contributed by atoms with Gasteiger partial charge in [0.1, 0.15) is 11.6 Å². The first-order valence-corrected chi connectivity index (χ1v) is 7.93. The zero-order valence-corrected chi connectivity index (χ0v) is 13.8. The Labute approximate surface area is 123 Å². The van der Waals surface area contributed by atoms with Crippen LogP contribution in [0.1, 0.15) is 63.9 Å². The Kier molecular flexibility index (Phi) is 4.45. The fourth-order valence-corrected chi connectivity index (χ4v) is 3.13. The quantitative estimate of drug-likeness (QED) is 0.803. The number of nitrogens with zero attached hydrogens (tertiary/aromatic N) is 2. The van der Waals surface area contributed by atoms with Gasteiger partial charge < -0.3 is 5.32 Å². The second kappa shape index (κ2) is 5.72. The highest BCUT2D eigenvalue weighted by atomic mass is 127. The molecule has 100 valence electrons. The lowest BCUT2D eigenvalue weighted by atomic mass is 10.1. The zero-order chi connectivity index (χ0) is 13.3. The van der Waals surface area contributed by atoms with Crippen LogP contribution in [-0.4, -0.2) is 16.5 Å². The van der Waals surface area contributed by atoms with Gasteiger partial charge in [0.15, 0.2) is 0 Å². The maximum atomic E-state index is 4.79. The first-order chi connectivity index (χ1) is 8.54. The fraction of sp³-hybridized carbons (Fsp3) is 0.714. The summed E-state index contributed by atoms with van der Waals surface area (Å²) in [4.78, 5) is 9.53. The van der Waals surface area contributed by atoms with Gasteiger partial charge in [0.2, 0.25) is 0 Å². The minimum atomic E-state index is 0.454. The van der Waals surface area contributed by atoms with Crippen LogP contribution in [0.4, 0.5) is 5.82 Å². The lowest BCUT2D eigenvalue weighted by molar-refractivity contribution is 0.759. The van der Waals surface area contributed by atoms with Crippen molar-refractivity contribution in [1.29, 1.82) is 0 Å². The van der Waals surface area contributed by atoms with Gasteiger partial charge in [-0.2, -0.15) is 0 Å². The fourth-order valence-electron chi connectivity index (χ4n) is 2.07. The van der Waals surface area contributed by atoms with E-state index in [4.69, 9.17) is 9.97 Å². The third kappa shape index (κ3) is 2.95. The van der Waals surface area contributed by atoms with Crippen LogP contribution in [-0.2, 0) is 0 Å². The van der Waals surface area contributed by atoms with E-state index in [0.717, 1.165) is 30.5 Å². The Balaban J connectivity index is 2.34. The SMILES string of the molecule is CCCNc1nc(C2CC2C)nc(C(C)C)c1I. The van der Waals surface area contributed by atoms with Crippen molar-refractivity contribution in [2.45, 2.75) is 52.4 Å². The predicted octanol–water partition coefficient (Wildman–Crippen LogP) is 4.15. The lowest BCUT2D eigenvalue weighted by Crippen LogP contribution is -2.11. The summed E-state index contributed by atoms with van der Waals surface area (Å²) in [7, 11) is 0. The molecule has 0 aliphatic heterocycles. The van der Waals surface area contributed by atoms with Crippen LogP contribution in [0.25, 0.3) is 0 Å². The molecule has 0 saturated heterocycles. The molecule has 1 aliphatic carbocycles. The van der Waals surface area contributed by atoms with Gasteiger partial charge in [0.25, 0.3) is 0 Å². The summed E-state index contributed by atoms with van der Waals surface area (Å²) in [6.07, 6.45) is 2.36. The van der Waals surface area contributed by atoms with Crippen molar-refractivity contribution in [2.24, 2.45) is 5.92 Å². The maximum absolute atomic E-state index is 4.79. The predicted molar refractivity (Wildman–Crippen MR) is 84.1 cm³/mol. The van der Waals surface area contributed by atoms with Crippen LogP contribution >= 0.6 is 22.6 Å². The Hall–Kier alpha value is -0.390. The number of halogens is 1. The van der Waals surface area contributed by atoms with Crippen LogP contribution in [0.2, 0.25) is 0 Å². The van der Waals surface area contributed by atoms with Gasteiger partial charge in [-0.15, -0.1) is 0 Å². The number of aromatic nitrogens is 2. The summed E-state index contributed by atoms with van der Waals surface area (Å²) < 4.78 is 1.19. The molecule has 1 aromatic rings. The Morgan fingerprint density at radius 2 is 2.06 bits per heavy atom. The smallest absolute Gasteiger partial charge is 0.143 e. The van der Waals surface area contributed by atoms with Crippen LogP contribution in [0.5, 0.6) is 0 Å². The average molecular weight is 359 g/mol. The van der Waals surface area contributed by atoms with Crippen molar-refractivity contribution >= 4 is 28.4 Å². The van der Waals surface area contributed by atoms with Gasteiger partial charge in [0.05, 0.1) is 9.26 Å². The number of anilines is 1. The molecule has 2 atom stereocenters. The van der Waals surface area contributed by atoms with Crippen molar-refractivity contribution in [3.05, 3.63) is 15.1 Å². The molecule has 1 heterocycles. The average Bonchev–Trinajstić information content (AvgIpc) is 3.04. The molecule has 2 rings (SSSR count). The lowest BCUT2D eigenvalue weighted by Gasteiger charge is -2.14. The van der Waals surface area contributed by atoms with Crippen molar-refractivity contribution in [3.63, 3.8) is 0 Å². The molecule has 0 amide bonds. The first kappa shape index (κ1) is 14.0. The number of hydrogen-bond acceptors (Lipinski definition) is 3. The summed E-state index contributed by atoms with van der Waals surface area (Å²) in [5, 5.41) is 3.44. The first-order valence-electron chi connectivity index (χ1n) is 6.85. The molecule has 0 radical (unpaired) electrons. The molecule has 1 N–H and O–H groups in total. The summed E-state index contributed by atoms with van der Waals surface area (Å²) in [6.45, 7) is 9.83. The Morgan fingerprint density at radius 3 is 2.56 bits per heavy atom. The van der Waals surface area contributed by atoms with Crippen molar-refractivity contribution in [2.75, 3.05) is 11.9 Å². The van der Waals surface area contributed by atoms with Crippen LogP contribution < -0.4 is 5.32 Å². The Morgan fingerprint density at radius 1 is 1.39 bits per heavy atom. The highest BCUT2D eigenvalue weighted by Crippen LogP contribution is 2.46. The van der Waals surface area contributed by atoms with Gasteiger partial charge in [-0.25, -0.2) is 9.97 Å². The summed E-state index contributed by atoms with van der Waals surface area (Å²) >= 11 is 2.37. The van der Waals surface area contributed by atoms with Gasteiger partial charge >= 0.3 is 0 Å². The summed E-state index contributed by atoms with van der Waals surface area (Å²) in [5.41, 5.74) is 1.19. The molecule has 1 aliphatic rings. The molecule has 1 aromatic heterocycles. The number of hydrogen-bond donors (Lipinski definition) is 1. The largest absolute Gasteiger partial charge is 0.369 e. The second-order valence-corrected chi connectivity index (χ2v) is 6.61. The highest BCUT2D eigenvalue weighted by Gasteiger charge is 2.37. The van der Waals surface area contributed by atoms with E-state index in [9.17, 15) is 0 Å². The molecular weight excluding hydrogens is 337 g/mol. The molecule has 1 fully saturated rings. The molecule has 3 nitrogen and oxygen atoms in total. The van der Waals surface area contributed by atoms with E-state index >= 15 is 0 Å². The molecule has 18 heavy (non-hydrogen) atoms. The summed E-state index contributed by atoms with van der Waals surface area (Å²) in [6, 6.07) is 0. The van der Waals surface area contributed by atoms with Gasteiger partial charge in [-0.3, -0.25) is 0 Å². The molecule has 0 bridgehead atoms. The molecule has 1 saturated carbocycles. The third-order valence-electron chi connectivity index (χ3n) is 3.42. The van der Waals surface area contributed by atoms with Crippen LogP contribution in [0.15, 0.2) is 0 Å². The molecule has 4 heteroatoms. The monoisotopic (exact) mass is 359 g/mol. The normalized spacial score (nSPS) is 22.3. The number of nitrogens with one attached hydrogen (secondary N) is 1. The van der Waals surface area contributed by atoms with Crippen LogP contribution in [0.3, 0.4) is 0 Å². The van der Waals surface area contributed by atoms with E-state index < -0.39 is 0 Å². The molecule has 0 aromatic carbocycles. The van der Waals surface area contributed by atoms with Crippen molar-refractivity contribution in [3.8, 4) is 0 Å². The van der Waals surface area contributed by atoms with E-state index in [1.165, 1.54) is 15.7 Å². The van der Waals surface area contributed by atoms with Gasteiger partial charge in [-0.05, 0) is 47.3 Å². The van der Waals surface area contributed by atoms with Gasteiger partial charge in [-0.1, -0.05) is 27.7 Å². The second-order valence-electron chi connectivity index (χ2n) is 5.53. The topological polar surface area (TPSA) is 37.8 Å². The Bertz CT molecular complexity index is 431. The minimum absolute atomic E-state index is 0.454. The van der Waals surface area contributed by atoms with E-state index in [1.807, 2.05) is 0 Å². The van der Waals surface area contributed by atoms with Crippen molar-refractivity contribution in [1.82, 2.24) is 9.97 Å². The van der Waals surface area contributed by atoms with E-state index in [1.54, 1.807) is 0 Å². The van der Waals surface area contributed by atoms with E-state index in [-0.39, 0.29) is 0 Å². The summed E-state index contributed by atoms with van der Waals surface area (Å²) in [5.74, 6) is 3.87. The van der Waals surface area contributed by atoms with Crippen molar-refractivity contribution < 1.29 is 0 Å². The van der Waals surface area contributed by atoms with E-state index in [2.05, 4.69) is 55.6 Å². The number of rotatable bonds is 5. The van der Waals surface area contributed by atoms with E-state index in [0.29, 0.717) is 11.8 Å². The minimum Gasteiger partial charge on any atom is -0.369 e. The maximum Gasteiger partial charge on any atom is 0.143 e. The standard InChI is InChI=1S/C14H22IN3/c1-5-6-16-14-11(15)12(8(2)3)17-13(18-14)10-7-9(10)4/h8-10H,5-7H2,1-4H3,(H,16,17,18). The molecule has 2 unspecified atom stereocenters. The highest BCUT2D eigenvalue weighted by molar-refractivity contribution is 14.1. The molecule has 0 spiro atoms. The van der Waals surface area contributed by atoms with Gasteiger partial charge in [0, 0.05) is 12.5 Å². The zero-order valence-electron chi connectivity index (χ0n) is 11.6.